The van der Waals surface area contributed by atoms with Crippen molar-refractivity contribution >= 4 is 21.9 Å². The Bertz CT molecular complexity index is 1050. The third-order valence-electron chi connectivity index (χ3n) is 5.42. The molecule has 0 bridgehead atoms. The molecule has 0 spiro atoms. The number of carbonyl (C=O) groups is 2. The first kappa shape index (κ1) is 23.0. The quantitative estimate of drug-likeness (QED) is 0.643. The number of aromatic amines is 1. The molecule has 2 aromatic rings. The summed E-state index contributed by atoms with van der Waals surface area (Å²) in [6, 6.07) is 8.16. The SMILES string of the molecule is Cc1[nH]c(C(=O)OCC(=O)N2CCN(S(=O)(=O)c3ccccc3)CC2)c(C)c1C(C)O. The van der Waals surface area contributed by atoms with Crippen molar-refractivity contribution in [1.82, 2.24) is 14.2 Å². The molecule has 0 aliphatic carbocycles. The predicted molar refractivity (Wildman–Crippen MR) is 113 cm³/mol. The number of ether oxygens (including phenoxy) is 1. The number of sulfonamides is 1. The van der Waals surface area contributed by atoms with Crippen LogP contribution < -0.4 is 0 Å². The minimum absolute atomic E-state index is 0.170. The van der Waals surface area contributed by atoms with Gasteiger partial charge >= 0.3 is 5.97 Å². The number of aromatic nitrogens is 1. The maximum absolute atomic E-state index is 12.7. The molecule has 1 atom stereocenters. The van der Waals surface area contributed by atoms with Gasteiger partial charge in [-0.1, -0.05) is 18.2 Å². The second kappa shape index (κ2) is 9.21. The third-order valence-corrected chi connectivity index (χ3v) is 7.33. The van der Waals surface area contributed by atoms with Gasteiger partial charge in [0.2, 0.25) is 10.0 Å². The zero-order chi connectivity index (χ0) is 22.8. The largest absolute Gasteiger partial charge is 0.451 e. The van der Waals surface area contributed by atoms with Crippen LogP contribution in [0.25, 0.3) is 0 Å². The third kappa shape index (κ3) is 4.81. The summed E-state index contributed by atoms with van der Waals surface area (Å²) in [5, 5.41) is 9.84. The molecule has 1 fully saturated rings. The number of aryl methyl sites for hydroxylation is 1. The van der Waals surface area contributed by atoms with Crippen molar-refractivity contribution in [3.05, 3.63) is 52.8 Å². The number of piperazine rings is 1. The van der Waals surface area contributed by atoms with Crippen LogP contribution in [0.15, 0.2) is 35.2 Å². The molecule has 1 unspecified atom stereocenters. The highest BCUT2D eigenvalue weighted by Crippen LogP contribution is 2.25. The van der Waals surface area contributed by atoms with Crippen LogP contribution in [0.5, 0.6) is 0 Å². The van der Waals surface area contributed by atoms with Crippen molar-refractivity contribution in [3.63, 3.8) is 0 Å². The summed E-state index contributed by atoms with van der Waals surface area (Å²) in [5.41, 5.74) is 2.10. The standard InChI is InChI=1S/C21H27N3O6S/c1-14-19(16(3)25)15(2)22-20(14)21(27)30-13-18(26)23-9-11-24(12-10-23)31(28,29)17-7-5-4-6-8-17/h4-8,16,22,25H,9-13H2,1-3H3. The molecule has 2 heterocycles. The maximum Gasteiger partial charge on any atom is 0.355 e. The molecule has 10 heteroatoms. The van der Waals surface area contributed by atoms with Gasteiger partial charge in [-0.15, -0.1) is 0 Å². The summed E-state index contributed by atoms with van der Waals surface area (Å²) in [6.45, 7) is 5.40. The van der Waals surface area contributed by atoms with Gasteiger partial charge in [0.15, 0.2) is 6.61 Å². The van der Waals surface area contributed by atoms with Crippen LogP contribution in [0, 0.1) is 13.8 Å². The summed E-state index contributed by atoms with van der Waals surface area (Å²) in [4.78, 5) is 29.5. The lowest BCUT2D eigenvalue weighted by atomic mass is 10.1. The Morgan fingerprint density at radius 3 is 2.29 bits per heavy atom. The lowest BCUT2D eigenvalue weighted by Gasteiger charge is -2.33. The number of hydrogen-bond acceptors (Lipinski definition) is 6. The minimum atomic E-state index is -3.60. The molecular weight excluding hydrogens is 422 g/mol. The molecule has 168 valence electrons. The second-order valence-corrected chi connectivity index (χ2v) is 9.45. The zero-order valence-corrected chi connectivity index (χ0v) is 18.6. The molecule has 0 saturated carbocycles. The summed E-state index contributed by atoms with van der Waals surface area (Å²) in [7, 11) is -3.60. The molecule has 0 radical (unpaired) electrons. The molecule has 1 amide bonds. The first-order valence-electron chi connectivity index (χ1n) is 10.00. The Morgan fingerprint density at radius 1 is 1.13 bits per heavy atom. The number of benzene rings is 1. The van der Waals surface area contributed by atoms with Gasteiger partial charge in [-0.2, -0.15) is 4.31 Å². The summed E-state index contributed by atoms with van der Waals surface area (Å²) in [5.74, 6) is -1.06. The monoisotopic (exact) mass is 449 g/mol. The molecule has 9 nitrogen and oxygen atoms in total. The van der Waals surface area contributed by atoms with Crippen LogP contribution in [-0.4, -0.2) is 72.4 Å². The summed E-state index contributed by atoms with van der Waals surface area (Å²) < 4.78 is 31.9. The highest BCUT2D eigenvalue weighted by atomic mass is 32.2. The zero-order valence-electron chi connectivity index (χ0n) is 17.8. The molecule has 2 N–H and O–H groups in total. The van der Waals surface area contributed by atoms with E-state index in [-0.39, 0.29) is 42.7 Å². The first-order valence-corrected chi connectivity index (χ1v) is 11.4. The van der Waals surface area contributed by atoms with Crippen molar-refractivity contribution in [2.75, 3.05) is 32.8 Å². The van der Waals surface area contributed by atoms with Crippen molar-refractivity contribution in [3.8, 4) is 0 Å². The molecule has 1 aliphatic rings. The Labute approximate surface area is 181 Å². The van der Waals surface area contributed by atoms with Gasteiger partial charge in [-0.3, -0.25) is 4.79 Å². The lowest BCUT2D eigenvalue weighted by Crippen LogP contribution is -2.51. The van der Waals surface area contributed by atoms with Gasteiger partial charge in [-0.05, 0) is 38.5 Å². The molecule has 1 saturated heterocycles. The number of hydrogen-bond donors (Lipinski definition) is 2. The number of nitrogens with one attached hydrogen (secondary N) is 1. The van der Waals surface area contributed by atoms with E-state index in [1.807, 2.05) is 0 Å². The van der Waals surface area contributed by atoms with Crippen molar-refractivity contribution in [1.29, 1.82) is 0 Å². The molecule has 1 aromatic heterocycles. The Kier molecular flexibility index (Phi) is 6.83. The van der Waals surface area contributed by atoms with Crippen molar-refractivity contribution in [2.24, 2.45) is 0 Å². The van der Waals surface area contributed by atoms with Crippen molar-refractivity contribution < 1.29 is 27.9 Å². The molecule has 3 rings (SSSR count). The van der Waals surface area contributed by atoms with E-state index in [1.165, 1.54) is 9.21 Å². The fraction of sp³-hybridized carbons (Fsp3) is 0.429. The lowest BCUT2D eigenvalue weighted by molar-refractivity contribution is -0.135. The fourth-order valence-electron chi connectivity index (χ4n) is 3.81. The minimum Gasteiger partial charge on any atom is -0.451 e. The van der Waals surface area contributed by atoms with E-state index in [9.17, 15) is 23.1 Å². The molecule has 1 aliphatic heterocycles. The Hall–Kier alpha value is -2.69. The molecular formula is C21H27N3O6S. The van der Waals surface area contributed by atoms with Crippen molar-refractivity contribution in [2.45, 2.75) is 31.8 Å². The average molecular weight is 450 g/mol. The van der Waals surface area contributed by atoms with Gasteiger partial charge in [0.05, 0.1) is 11.0 Å². The highest BCUT2D eigenvalue weighted by molar-refractivity contribution is 7.89. The van der Waals surface area contributed by atoms with Crippen LogP contribution in [0.4, 0.5) is 0 Å². The summed E-state index contributed by atoms with van der Waals surface area (Å²) in [6.07, 6.45) is -0.733. The van der Waals surface area contributed by atoms with Gasteiger partial charge in [-0.25, -0.2) is 13.2 Å². The number of amides is 1. The van der Waals surface area contributed by atoms with E-state index in [0.29, 0.717) is 16.8 Å². The molecule has 31 heavy (non-hydrogen) atoms. The van der Waals surface area contributed by atoms with E-state index < -0.39 is 28.7 Å². The maximum atomic E-state index is 12.7. The average Bonchev–Trinajstić information content (AvgIpc) is 3.06. The number of aliphatic hydroxyl groups is 1. The Morgan fingerprint density at radius 2 is 1.74 bits per heavy atom. The molecule has 1 aromatic carbocycles. The summed E-state index contributed by atoms with van der Waals surface area (Å²) >= 11 is 0. The van der Waals surface area contributed by atoms with Crippen LogP contribution in [0.2, 0.25) is 0 Å². The van der Waals surface area contributed by atoms with Crippen LogP contribution >= 0.6 is 0 Å². The highest BCUT2D eigenvalue weighted by Gasteiger charge is 2.30. The van der Waals surface area contributed by atoms with Gasteiger partial charge in [0, 0.05) is 37.4 Å². The van der Waals surface area contributed by atoms with E-state index >= 15 is 0 Å². The van der Waals surface area contributed by atoms with Crippen LogP contribution in [-0.2, 0) is 19.6 Å². The number of esters is 1. The Balaban J connectivity index is 1.55. The predicted octanol–water partition coefficient (Wildman–Crippen LogP) is 1.37. The second-order valence-electron chi connectivity index (χ2n) is 7.51. The van der Waals surface area contributed by atoms with E-state index in [0.717, 1.165) is 0 Å². The number of H-pyrrole nitrogens is 1. The topological polar surface area (TPSA) is 120 Å². The normalized spacial score (nSPS) is 16.2. The first-order chi connectivity index (χ1) is 14.6. The van der Waals surface area contributed by atoms with Gasteiger partial charge < -0.3 is 19.7 Å². The smallest absolute Gasteiger partial charge is 0.355 e. The van der Waals surface area contributed by atoms with Gasteiger partial charge in [0.1, 0.15) is 5.69 Å². The number of nitrogens with zero attached hydrogens (tertiary/aromatic N) is 2. The van der Waals surface area contributed by atoms with E-state index in [1.54, 1.807) is 51.1 Å². The van der Waals surface area contributed by atoms with Crippen LogP contribution in [0.3, 0.4) is 0 Å². The van der Waals surface area contributed by atoms with E-state index in [2.05, 4.69) is 4.98 Å². The number of aliphatic hydroxyl groups excluding tert-OH is 1. The van der Waals surface area contributed by atoms with E-state index in [4.69, 9.17) is 4.74 Å². The van der Waals surface area contributed by atoms with Crippen LogP contribution in [0.1, 0.15) is 40.3 Å². The van der Waals surface area contributed by atoms with Gasteiger partial charge in [0.25, 0.3) is 5.91 Å². The number of carbonyl (C=O) groups excluding carboxylic acids is 2. The number of rotatable bonds is 6. The fourth-order valence-corrected chi connectivity index (χ4v) is 5.25.